The molecule has 12 heavy (non-hydrogen) atoms. The lowest BCUT2D eigenvalue weighted by Gasteiger charge is -2.11. The van der Waals surface area contributed by atoms with Gasteiger partial charge in [0, 0.05) is 6.54 Å². The molecule has 0 radical (unpaired) electrons. The molecule has 0 aromatic heterocycles. The van der Waals surface area contributed by atoms with Crippen LogP contribution in [0.3, 0.4) is 0 Å². The van der Waals surface area contributed by atoms with Crippen molar-refractivity contribution in [1.82, 2.24) is 5.32 Å². The topological polar surface area (TPSA) is 49.3 Å². The van der Waals surface area contributed by atoms with Gasteiger partial charge in [0.2, 0.25) is 5.91 Å². The molecule has 1 amide bonds. The summed E-state index contributed by atoms with van der Waals surface area (Å²) in [5.74, 6) is -0.0786. The Morgan fingerprint density at radius 2 is 2.25 bits per heavy atom. The van der Waals surface area contributed by atoms with Gasteiger partial charge in [-0.2, -0.15) is 0 Å². The molecule has 2 unspecified atom stereocenters. The summed E-state index contributed by atoms with van der Waals surface area (Å²) in [5, 5.41) is 11.9. The van der Waals surface area contributed by atoms with Gasteiger partial charge in [0.05, 0.1) is 10.9 Å². The second-order valence-electron chi connectivity index (χ2n) is 2.80. The minimum atomic E-state index is -0.412. The van der Waals surface area contributed by atoms with Crippen LogP contribution >= 0.6 is 15.9 Å². The molecule has 0 aliphatic carbocycles. The van der Waals surface area contributed by atoms with E-state index >= 15 is 0 Å². The van der Waals surface area contributed by atoms with Crippen LogP contribution in [0.4, 0.5) is 0 Å². The fraction of sp³-hybridized carbons (Fsp3) is 0.875. The Bertz CT molecular complexity index is 139. The van der Waals surface area contributed by atoms with Gasteiger partial charge in [-0.3, -0.25) is 4.79 Å². The van der Waals surface area contributed by atoms with Crippen LogP contribution in [0.15, 0.2) is 0 Å². The van der Waals surface area contributed by atoms with E-state index in [0.717, 1.165) is 12.8 Å². The summed E-state index contributed by atoms with van der Waals surface area (Å²) in [4.78, 5) is 10.8. The Balaban J connectivity index is 3.47. The third-order valence-corrected chi connectivity index (χ3v) is 1.91. The molecule has 0 bridgehead atoms. The quantitative estimate of drug-likeness (QED) is 0.703. The van der Waals surface area contributed by atoms with Gasteiger partial charge >= 0.3 is 0 Å². The van der Waals surface area contributed by atoms with Crippen LogP contribution in [0.5, 0.6) is 0 Å². The zero-order chi connectivity index (χ0) is 9.56. The van der Waals surface area contributed by atoms with E-state index in [0.29, 0.717) is 6.54 Å². The standard InChI is InChI=1S/C8H16BrNO2/c1-3-4-7(11)5-10-8(12)6(2)9/h6-7,11H,3-5H2,1-2H3,(H,10,12). The molecular weight excluding hydrogens is 222 g/mol. The molecule has 72 valence electrons. The molecule has 0 saturated heterocycles. The van der Waals surface area contributed by atoms with E-state index in [4.69, 9.17) is 0 Å². The van der Waals surface area contributed by atoms with Crippen LogP contribution in [-0.4, -0.2) is 28.5 Å². The van der Waals surface area contributed by atoms with Crippen molar-refractivity contribution < 1.29 is 9.90 Å². The molecule has 0 rings (SSSR count). The van der Waals surface area contributed by atoms with Gasteiger partial charge in [-0.15, -0.1) is 0 Å². The van der Waals surface area contributed by atoms with Crippen LogP contribution in [0.25, 0.3) is 0 Å². The first-order chi connectivity index (χ1) is 5.57. The van der Waals surface area contributed by atoms with E-state index in [1.165, 1.54) is 0 Å². The molecule has 2 atom stereocenters. The van der Waals surface area contributed by atoms with Crippen molar-refractivity contribution >= 4 is 21.8 Å². The molecule has 4 heteroatoms. The number of hydrogen-bond acceptors (Lipinski definition) is 2. The highest BCUT2D eigenvalue weighted by Gasteiger charge is 2.09. The number of aliphatic hydroxyl groups excluding tert-OH is 1. The van der Waals surface area contributed by atoms with Gasteiger partial charge in [-0.1, -0.05) is 29.3 Å². The molecule has 0 aliphatic rings. The zero-order valence-corrected chi connectivity index (χ0v) is 9.10. The van der Waals surface area contributed by atoms with Gasteiger partial charge in [-0.25, -0.2) is 0 Å². The first-order valence-electron chi connectivity index (χ1n) is 4.17. The highest BCUT2D eigenvalue weighted by molar-refractivity contribution is 9.10. The van der Waals surface area contributed by atoms with Gasteiger partial charge in [0.15, 0.2) is 0 Å². The minimum absolute atomic E-state index is 0.0786. The van der Waals surface area contributed by atoms with Crippen molar-refractivity contribution in [1.29, 1.82) is 0 Å². The fourth-order valence-corrected chi connectivity index (χ4v) is 0.956. The number of nitrogens with one attached hydrogen (secondary N) is 1. The zero-order valence-electron chi connectivity index (χ0n) is 7.51. The largest absolute Gasteiger partial charge is 0.391 e. The van der Waals surface area contributed by atoms with Crippen molar-refractivity contribution in [3.63, 3.8) is 0 Å². The Kier molecular flexibility index (Phi) is 6.38. The highest BCUT2D eigenvalue weighted by atomic mass is 79.9. The summed E-state index contributed by atoms with van der Waals surface area (Å²) in [6.45, 7) is 4.10. The van der Waals surface area contributed by atoms with E-state index in [1.807, 2.05) is 6.92 Å². The van der Waals surface area contributed by atoms with Gasteiger partial charge in [0.1, 0.15) is 0 Å². The Morgan fingerprint density at radius 3 is 2.67 bits per heavy atom. The lowest BCUT2D eigenvalue weighted by molar-refractivity contribution is -0.120. The second kappa shape index (κ2) is 6.43. The smallest absolute Gasteiger partial charge is 0.233 e. The summed E-state index contributed by atoms with van der Waals surface area (Å²) in [5.41, 5.74) is 0. The van der Waals surface area contributed by atoms with Crippen molar-refractivity contribution in [2.24, 2.45) is 0 Å². The number of aliphatic hydroxyl groups is 1. The molecular formula is C8H16BrNO2. The summed E-state index contributed by atoms with van der Waals surface area (Å²) >= 11 is 3.14. The van der Waals surface area contributed by atoms with Crippen LogP contribution in [0.2, 0.25) is 0 Å². The first-order valence-corrected chi connectivity index (χ1v) is 5.09. The average Bonchev–Trinajstić information content (AvgIpc) is 2.00. The molecule has 0 aliphatic heterocycles. The van der Waals surface area contributed by atoms with Gasteiger partial charge < -0.3 is 10.4 Å². The Hall–Kier alpha value is -0.0900. The number of halogens is 1. The maximum Gasteiger partial charge on any atom is 0.233 e. The van der Waals surface area contributed by atoms with Gasteiger partial charge in [-0.05, 0) is 13.3 Å². The number of alkyl halides is 1. The number of carbonyl (C=O) groups excluding carboxylic acids is 1. The molecule has 0 fully saturated rings. The summed E-state index contributed by atoms with van der Waals surface area (Å²) in [6.07, 6.45) is 1.25. The van der Waals surface area contributed by atoms with E-state index in [1.54, 1.807) is 6.92 Å². The first kappa shape index (κ1) is 11.9. The van der Waals surface area contributed by atoms with Crippen molar-refractivity contribution in [2.45, 2.75) is 37.6 Å². The van der Waals surface area contributed by atoms with Crippen LogP contribution in [-0.2, 0) is 4.79 Å². The molecule has 0 heterocycles. The normalized spacial score (nSPS) is 15.3. The summed E-state index contributed by atoms with van der Waals surface area (Å²) in [7, 11) is 0. The fourth-order valence-electron chi connectivity index (χ4n) is 0.794. The van der Waals surface area contributed by atoms with Crippen LogP contribution < -0.4 is 5.32 Å². The number of carbonyl (C=O) groups is 1. The third-order valence-electron chi connectivity index (χ3n) is 1.50. The molecule has 0 aromatic carbocycles. The number of amides is 1. The average molecular weight is 238 g/mol. The molecule has 0 saturated carbocycles. The van der Waals surface area contributed by atoms with E-state index < -0.39 is 6.10 Å². The number of hydrogen-bond donors (Lipinski definition) is 2. The lowest BCUT2D eigenvalue weighted by Crippen LogP contribution is -2.35. The lowest BCUT2D eigenvalue weighted by atomic mass is 10.2. The van der Waals surface area contributed by atoms with E-state index in [-0.39, 0.29) is 10.7 Å². The van der Waals surface area contributed by atoms with E-state index in [9.17, 15) is 9.90 Å². The van der Waals surface area contributed by atoms with Gasteiger partial charge in [0.25, 0.3) is 0 Å². The maximum atomic E-state index is 11.0. The summed E-state index contributed by atoms with van der Waals surface area (Å²) < 4.78 is 0. The monoisotopic (exact) mass is 237 g/mol. The predicted molar refractivity (Wildman–Crippen MR) is 52.3 cm³/mol. The van der Waals surface area contributed by atoms with E-state index in [2.05, 4.69) is 21.2 Å². The molecule has 2 N–H and O–H groups in total. The Morgan fingerprint density at radius 1 is 1.67 bits per heavy atom. The second-order valence-corrected chi connectivity index (χ2v) is 4.18. The highest BCUT2D eigenvalue weighted by Crippen LogP contribution is 1.98. The minimum Gasteiger partial charge on any atom is -0.391 e. The van der Waals surface area contributed by atoms with Crippen molar-refractivity contribution in [2.75, 3.05) is 6.54 Å². The Labute approximate surface area is 81.7 Å². The number of rotatable bonds is 5. The molecule has 3 nitrogen and oxygen atoms in total. The third kappa shape index (κ3) is 5.55. The summed E-state index contributed by atoms with van der Waals surface area (Å²) in [6, 6.07) is 0. The van der Waals surface area contributed by atoms with Crippen molar-refractivity contribution in [3.8, 4) is 0 Å². The predicted octanol–water partition coefficient (Wildman–Crippen LogP) is 1.05. The maximum absolute atomic E-state index is 11.0. The molecule has 0 aromatic rings. The van der Waals surface area contributed by atoms with Crippen LogP contribution in [0, 0.1) is 0 Å². The molecule has 0 spiro atoms. The van der Waals surface area contributed by atoms with Crippen molar-refractivity contribution in [3.05, 3.63) is 0 Å². The van der Waals surface area contributed by atoms with Crippen LogP contribution in [0.1, 0.15) is 26.7 Å². The SMILES string of the molecule is CCCC(O)CNC(=O)C(C)Br.